The molecule has 0 amide bonds. The van der Waals surface area contributed by atoms with Gasteiger partial charge in [-0.25, -0.2) is 4.99 Å². The van der Waals surface area contributed by atoms with Crippen molar-refractivity contribution in [3.8, 4) is 0 Å². The lowest BCUT2D eigenvalue weighted by atomic mass is 10.2. The number of nitrogens with zero attached hydrogens (tertiary/aromatic N) is 1. The Hall–Kier alpha value is -3.01. The number of nitrogens with one attached hydrogen (secondary N) is 2. The Labute approximate surface area is 148 Å². The van der Waals surface area contributed by atoms with Crippen LogP contribution in [0.25, 0.3) is 6.08 Å². The van der Waals surface area contributed by atoms with Gasteiger partial charge < -0.3 is 15.0 Å². The Balaban J connectivity index is 1.83. The Morgan fingerprint density at radius 2 is 2.12 bits per heavy atom. The zero-order valence-electron chi connectivity index (χ0n) is 14.9. The SMILES string of the molecule is C=C/C=C\C=C1/CC=C(C2=N/C(=C\c3[nH]c(C)cc3C)C(OC)=C2)N1. The van der Waals surface area contributed by atoms with Crippen LogP contribution in [0.3, 0.4) is 0 Å². The van der Waals surface area contributed by atoms with Crippen LogP contribution in [-0.4, -0.2) is 17.8 Å². The van der Waals surface area contributed by atoms with Gasteiger partial charge in [0.2, 0.25) is 0 Å². The normalized spacial score (nSPS) is 20.0. The molecular weight excluding hydrogens is 310 g/mol. The molecule has 0 atom stereocenters. The third kappa shape index (κ3) is 3.74. The van der Waals surface area contributed by atoms with E-state index in [0.29, 0.717) is 0 Å². The van der Waals surface area contributed by atoms with Crippen molar-refractivity contribution in [3.63, 3.8) is 0 Å². The quantitative estimate of drug-likeness (QED) is 0.782. The highest BCUT2D eigenvalue weighted by molar-refractivity contribution is 6.12. The predicted octanol–water partition coefficient (Wildman–Crippen LogP) is 4.46. The molecule has 4 heteroatoms. The summed E-state index contributed by atoms with van der Waals surface area (Å²) in [6.07, 6.45) is 14.7. The van der Waals surface area contributed by atoms with Gasteiger partial charge in [0.05, 0.1) is 18.5 Å². The summed E-state index contributed by atoms with van der Waals surface area (Å²) in [6.45, 7) is 7.80. The number of aromatic nitrogens is 1. The van der Waals surface area contributed by atoms with Crippen LogP contribution in [0.2, 0.25) is 0 Å². The van der Waals surface area contributed by atoms with E-state index in [9.17, 15) is 0 Å². The topological polar surface area (TPSA) is 49.4 Å². The highest BCUT2D eigenvalue weighted by Crippen LogP contribution is 2.27. The summed E-state index contributed by atoms with van der Waals surface area (Å²) in [5.41, 5.74) is 7.25. The van der Waals surface area contributed by atoms with Crippen molar-refractivity contribution >= 4 is 11.8 Å². The summed E-state index contributed by atoms with van der Waals surface area (Å²) in [5.74, 6) is 0.772. The third-order valence-electron chi connectivity index (χ3n) is 4.09. The Morgan fingerprint density at radius 3 is 2.80 bits per heavy atom. The van der Waals surface area contributed by atoms with Crippen LogP contribution in [0, 0.1) is 13.8 Å². The van der Waals surface area contributed by atoms with Gasteiger partial charge in [0.1, 0.15) is 11.5 Å². The van der Waals surface area contributed by atoms with Crippen molar-refractivity contribution in [2.24, 2.45) is 4.99 Å². The summed E-state index contributed by atoms with van der Waals surface area (Å²) in [7, 11) is 1.67. The molecule has 3 heterocycles. The molecule has 128 valence electrons. The number of aromatic amines is 1. The van der Waals surface area contributed by atoms with Crippen LogP contribution in [-0.2, 0) is 4.74 Å². The largest absolute Gasteiger partial charge is 0.494 e. The molecule has 0 aromatic carbocycles. The first-order valence-corrected chi connectivity index (χ1v) is 8.29. The first kappa shape index (κ1) is 16.8. The molecular formula is C21H23N3O. The predicted molar refractivity (Wildman–Crippen MR) is 104 cm³/mol. The molecule has 4 nitrogen and oxygen atoms in total. The van der Waals surface area contributed by atoms with Crippen LogP contribution in [0.5, 0.6) is 0 Å². The van der Waals surface area contributed by atoms with Gasteiger partial charge in [-0.2, -0.15) is 0 Å². The van der Waals surface area contributed by atoms with Crippen LogP contribution in [0.1, 0.15) is 23.4 Å². The zero-order valence-corrected chi connectivity index (χ0v) is 14.9. The average Bonchev–Trinajstić information content (AvgIpc) is 3.27. The van der Waals surface area contributed by atoms with Gasteiger partial charge >= 0.3 is 0 Å². The first-order chi connectivity index (χ1) is 12.1. The minimum atomic E-state index is 0.772. The average molecular weight is 333 g/mol. The molecule has 0 aliphatic carbocycles. The number of ether oxygens (including phenoxy) is 1. The highest BCUT2D eigenvalue weighted by Gasteiger charge is 2.21. The number of aliphatic imine (C=N–C) groups is 1. The molecule has 0 unspecified atom stereocenters. The first-order valence-electron chi connectivity index (χ1n) is 8.29. The van der Waals surface area contributed by atoms with Crippen LogP contribution < -0.4 is 5.32 Å². The molecule has 0 saturated carbocycles. The van der Waals surface area contributed by atoms with Crippen molar-refractivity contribution in [2.75, 3.05) is 7.11 Å². The van der Waals surface area contributed by atoms with E-state index in [1.165, 1.54) is 5.56 Å². The molecule has 0 fully saturated rings. The summed E-state index contributed by atoms with van der Waals surface area (Å²) >= 11 is 0. The molecule has 1 aromatic heterocycles. The lowest BCUT2D eigenvalue weighted by Crippen LogP contribution is -2.12. The molecule has 0 spiro atoms. The second-order valence-electron chi connectivity index (χ2n) is 6.05. The Morgan fingerprint density at radius 1 is 1.28 bits per heavy atom. The van der Waals surface area contributed by atoms with Gasteiger partial charge in [-0.05, 0) is 37.6 Å². The molecule has 2 N–H and O–H groups in total. The van der Waals surface area contributed by atoms with Gasteiger partial charge in [-0.15, -0.1) is 0 Å². The van der Waals surface area contributed by atoms with Gasteiger partial charge in [0.15, 0.2) is 0 Å². The second kappa shape index (κ2) is 7.26. The van der Waals surface area contributed by atoms with E-state index in [1.54, 1.807) is 13.2 Å². The summed E-state index contributed by atoms with van der Waals surface area (Å²) in [6, 6.07) is 2.12. The number of H-pyrrole nitrogens is 1. The number of hydrogen-bond acceptors (Lipinski definition) is 3. The molecule has 2 aliphatic rings. The van der Waals surface area contributed by atoms with Crippen molar-refractivity contribution in [1.82, 2.24) is 10.3 Å². The highest BCUT2D eigenvalue weighted by atomic mass is 16.5. The third-order valence-corrected chi connectivity index (χ3v) is 4.09. The monoisotopic (exact) mass is 333 g/mol. The van der Waals surface area contributed by atoms with E-state index in [4.69, 9.17) is 9.73 Å². The van der Waals surface area contributed by atoms with E-state index in [-0.39, 0.29) is 0 Å². The lowest BCUT2D eigenvalue weighted by Gasteiger charge is -2.02. The van der Waals surface area contributed by atoms with E-state index >= 15 is 0 Å². The lowest BCUT2D eigenvalue weighted by molar-refractivity contribution is 0.303. The minimum absolute atomic E-state index is 0.772. The van der Waals surface area contributed by atoms with Crippen LogP contribution in [0.15, 0.2) is 76.9 Å². The smallest absolute Gasteiger partial charge is 0.146 e. The van der Waals surface area contributed by atoms with Crippen molar-refractivity contribution in [2.45, 2.75) is 20.3 Å². The molecule has 2 aliphatic heterocycles. The van der Waals surface area contributed by atoms with Crippen molar-refractivity contribution in [3.05, 3.63) is 88.9 Å². The standard InChI is InChI=1S/C21H23N3O/c1-5-6-7-8-16-9-10-17(23-16)19-13-21(25-4)20(24-19)12-18-14(2)11-15(3)22-18/h5-8,10-13,22-23H,1,9H2,2-4H3/b7-6-,16-8+,20-12-. The van der Waals surface area contributed by atoms with E-state index in [0.717, 1.165) is 46.4 Å². The fraction of sp³-hybridized carbons (Fsp3) is 0.190. The zero-order chi connectivity index (χ0) is 17.8. The molecule has 0 saturated heterocycles. The Bertz CT molecular complexity index is 873. The minimum Gasteiger partial charge on any atom is -0.494 e. The number of allylic oxidation sites excluding steroid dienone is 6. The maximum atomic E-state index is 5.51. The maximum absolute atomic E-state index is 5.51. The van der Waals surface area contributed by atoms with Gasteiger partial charge in [-0.1, -0.05) is 30.9 Å². The fourth-order valence-electron chi connectivity index (χ4n) is 2.87. The molecule has 0 bridgehead atoms. The fourth-order valence-corrected chi connectivity index (χ4v) is 2.87. The molecule has 0 radical (unpaired) electrons. The number of hydrogen-bond donors (Lipinski definition) is 2. The number of rotatable bonds is 5. The van der Waals surface area contributed by atoms with Gasteiger partial charge in [-0.3, -0.25) is 0 Å². The van der Waals surface area contributed by atoms with Gasteiger partial charge in [0, 0.05) is 29.6 Å². The Kier molecular flexibility index (Phi) is 4.89. The molecule has 3 rings (SSSR count). The summed E-state index contributed by atoms with van der Waals surface area (Å²) in [4.78, 5) is 8.10. The van der Waals surface area contributed by atoms with E-state index < -0.39 is 0 Å². The summed E-state index contributed by atoms with van der Waals surface area (Å²) < 4.78 is 5.51. The van der Waals surface area contributed by atoms with E-state index in [1.807, 2.05) is 37.3 Å². The van der Waals surface area contributed by atoms with Crippen molar-refractivity contribution < 1.29 is 4.74 Å². The maximum Gasteiger partial charge on any atom is 0.146 e. The van der Waals surface area contributed by atoms with Crippen LogP contribution in [0.4, 0.5) is 0 Å². The number of aryl methyl sites for hydroxylation is 2. The van der Waals surface area contributed by atoms with Gasteiger partial charge in [0.25, 0.3) is 0 Å². The second-order valence-corrected chi connectivity index (χ2v) is 6.05. The van der Waals surface area contributed by atoms with Crippen molar-refractivity contribution in [1.29, 1.82) is 0 Å². The molecule has 25 heavy (non-hydrogen) atoms. The summed E-state index contributed by atoms with van der Waals surface area (Å²) in [5, 5.41) is 3.41. The molecule has 1 aromatic rings. The number of methoxy groups -OCH3 is 1. The van der Waals surface area contributed by atoms with E-state index in [2.05, 4.69) is 35.9 Å². The van der Waals surface area contributed by atoms with Crippen LogP contribution >= 0.6 is 0 Å².